The minimum absolute atomic E-state index is 0.206. The largest absolute Gasteiger partial charge is 0.508 e. The van der Waals surface area contributed by atoms with Gasteiger partial charge in [0, 0.05) is 0 Å². The second-order valence-electron chi connectivity index (χ2n) is 7.13. The highest BCUT2D eigenvalue weighted by molar-refractivity contribution is 5.52. The molecule has 3 unspecified atom stereocenters. The van der Waals surface area contributed by atoms with Crippen molar-refractivity contribution in [3.05, 3.63) is 58.7 Å². The second kappa shape index (κ2) is 5.87. The van der Waals surface area contributed by atoms with Crippen LogP contribution < -0.4 is 0 Å². The number of aromatic hydroxyl groups is 2. The highest BCUT2D eigenvalue weighted by atomic mass is 16.3. The highest BCUT2D eigenvalue weighted by Gasteiger charge is 2.39. The van der Waals surface area contributed by atoms with Gasteiger partial charge in [0.25, 0.3) is 0 Å². The van der Waals surface area contributed by atoms with E-state index in [0.717, 1.165) is 18.4 Å². The van der Waals surface area contributed by atoms with E-state index in [2.05, 4.69) is 6.07 Å². The molecule has 1 saturated carbocycles. The van der Waals surface area contributed by atoms with E-state index >= 15 is 0 Å². The van der Waals surface area contributed by atoms with Crippen LogP contribution in [0.4, 0.5) is 0 Å². The van der Waals surface area contributed by atoms with Gasteiger partial charge >= 0.3 is 0 Å². The first-order valence-electron chi connectivity index (χ1n) is 8.72. The highest BCUT2D eigenvalue weighted by Crippen LogP contribution is 2.52. The SMILES string of the molecule is N#Cc1cc(O)cc2c1CC(c1ccc(O)cc1)C1CCCCC21. The van der Waals surface area contributed by atoms with Gasteiger partial charge in [-0.05, 0) is 78.0 Å². The van der Waals surface area contributed by atoms with Gasteiger partial charge in [-0.1, -0.05) is 25.0 Å². The van der Waals surface area contributed by atoms with Crippen molar-refractivity contribution in [2.45, 2.75) is 43.9 Å². The van der Waals surface area contributed by atoms with Gasteiger partial charge in [0.15, 0.2) is 0 Å². The fraction of sp³-hybridized carbons (Fsp3) is 0.381. The molecular formula is C21H21NO2. The van der Waals surface area contributed by atoms with Crippen LogP contribution in [-0.2, 0) is 6.42 Å². The molecule has 0 radical (unpaired) electrons. The maximum absolute atomic E-state index is 10.0. The quantitative estimate of drug-likeness (QED) is 0.808. The zero-order chi connectivity index (χ0) is 16.7. The van der Waals surface area contributed by atoms with Crippen LogP contribution in [0.5, 0.6) is 11.5 Å². The first kappa shape index (κ1) is 15.1. The van der Waals surface area contributed by atoms with Gasteiger partial charge in [0.1, 0.15) is 11.5 Å². The van der Waals surface area contributed by atoms with Crippen molar-refractivity contribution in [3.8, 4) is 17.6 Å². The third kappa shape index (κ3) is 2.43. The van der Waals surface area contributed by atoms with Crippen molar-refractivity contribution in [2.75, 3.05) is 0 Å². The van der Waals surface area contributed by atoms with Crippen LogP contribution in [0.3, 0.4) is 0 Å². The topological polar surface area (TPSA) is 64.2 Å². The molecule has 1 fully saturated rings. The summed E-state index contributed by atoms with van der Waals surface area (Å²) < 4.78 is 0. The summed E-state index contributed by atoms with van der Waals surface area (Å²) in [5.41, 5.74) is 4.15. The van der Waals surface area contributed by atoms with Crippen LogP contribution in [-0.4, -0.2) is 10.2 Å². The van der Waals surface area contributed by atoms with Crippen molar-refractivity contribution in [1.82, 2.24) is 0 Å². The molecule has 4 rings (SSSR count). The molecule has 0 bridgehead atoms. The maximum Gasteiger partial charge on any atom is 0.117 e. The Kier molecular flexibility index (Phi) is 3.69. The molecule has 0 amide bonds. The summed E-state index contributed by atoms with van der Waals surface area (Å²) >= 11 is 0. The second-order valence-corrected chi connectivity index (χ2v) is 7.13. The molecule has 0 aromatic heterocycles. The molecule has 3 nitrogen and oxygen atoms in total. The van der Waals surface area contributed by atoms with E-state index in [1.165, 1.54) is 30.4 Å². The van der Waals surface area contributed by atoms with Crippen LogP contribution in [0.1, 0.15) is 59.8 Å². The van der Waals surface area contributed by atoms with Crippen molar-refractivity contribution in [1.29, 1.82) is 5.26 Å². The molecule has 2 aromatic rings. The molecule has 3 heteroatoms. The lowest BCUT2D eigenvalue weighted by molar-refractivity contribution is 0.242. The van der Waals surface area contributed by atoms with E-state index in [1.807, 2.05) is 18.2 Å². The van der Waals surface area contributed by atoms with Gasteiger partial charge in [-0.15, -0.1) is 0 Å². The van der Waals surface area contributed by atoms with Crippen LogP contribution >= 0.6 is 0 Å². The Morgan fingerprint density at radius 2 is 1.67 bits per heavy atom. The van der Waals surface area contributed by atoms with E-state index in [0.29, 0.717) is 23.3 Å². The number of fused-ring (bicyclic) bond motifs is 3. The lowest BCUT2D eigenvalue weighted by atomic mass is 9.61. The predicted molar refractivity (Wildman–Crippen MR) is 92.1 cm³/mol. The zero-order valence-electron chi connectivity index (χ0n) is 13.6. The Hall–Kier alpha value is -2.47. The molecule has 122 valence electrons. The van der Waals surface area contributed by atoms with Gasteiger partial charge in [0.05, 0.1) is 11.6 Å². The van der Waals surface area contributed by atoms with Gasteiger partial charge in [-0.25, -0.2) is 0 Å². The molecule has 2 N–H and O–H groups in total. The summed E-state index contributed by atoms with van der Waals surface area (Å²) in [6.07, 6.45) is 5.60. The van der Waals surface area contributed by atoms with E-state index in [4.69, 9.17) is 0 Å². The van der Waals surface area contributed by atoms with Crippen molar-refractivity contribution >= 4 is 0 Å². The molecule has 3 atom stereocenters. The van der Waals surface area contributed by atoms with Crippen LogP contribution in [0.25, 0.3) is 0 Å². The number of rotatable bonds is 1. The normalized spacial score (nSPS) is 25.4. The molecular weight excluding hydrogens is 298 g/mol. The fourth-order valence-electron chi connectivity index (χ4n) is 4.82. The Morgan fingerprint density at radius 3 is 2.42 bits per heavy atom. The molecule has 0 heterocycles. The number of phenolic OH excluding ortho intramolecular Hbond substituents is 2. The van der Waals surface area contributed by atoms with E-state index in [1.54, 1.807) is 18.2 Å². The predicted octanol–water partition coefficient (Wildman–Crippen LogP) is 4.58. The van der Waals surface area contributed by atoms with E-state index < -0.39 is 0 Å². The van der Waals surface area contributed by atoms with Crippen LogP contribution in [0.15, 0.2) is 36.4 Å². The number of nitrogens with zero attached hydrogens (tertiary/aromatic N) is 1. The fourth-order valence-corrected chi connectivity index (χ4v) is 4.82. The van der Waals surface area contributed by atoms with Crippen molar-refractivity contribution in [3.63, 3.8) is 0 Å². The first-order valence-corrected chi connectivity index (χ1v) is 8.72. The van der Waals surface area contributed by atoms with Crippen molar-refractivity contribution in [2.24, 2.45) is 5.92 Å². The smallest absolute Gasteiger partial charge is 0.117 e. The van der Waals surface area contributed by atoms with Gasteiger partial charge in [-0.3, -0.25) is 0 Å². The summed E-state index contributed by atoms with van der Waals surface area (Å²) in [5, 5.41) is 29.1. The summed E-state index contributed by atoms with van der Waals surface area (Å²) in [7, 11) is 0. The molecule has 2 aromatic carbocycles. The lowest BCUT2D eigenvalue weighted by Crippen LogP contribution is -2.31. The minimum atomic E-state index is 0.206. The monoisotopic (exact) mass is 319 g/mol. The maximum atomic E-state index is 10.0. The molecule has 0 spiro atoms. The zero-order valence-corrected chi connectivity index (χ0v) is 13.6. The van der Waals surface area contributed by atoms with Crippen molar-refractivity contribution < 1.29 is 10.2 Å². The Morgan fingerprint density at radius 1 is 0.917 bits per heavy atom. The third-order valence-electron chi connectivity index (χ3n) is 5.87. The molecule has 0 aliphatic heterocycles. The number of phenols is 2. The Balaban J connectivity index is 1.84. The average molecular weight is 319 g/mol. The lowest BCUT2D eigenvalue weighted by Gasteiger charge is -2.43. The summed E-state index contributed by atoms with van der Waals surface area (Å²) in [6.45, 7) is 0. The van der Waals surface area contributed by atoms with E-state index in [9.17, 15) is 15.5 Å². The van der Waals surface area contributed by atoms with Gasteiger partial charge in [0.2, 0.25) is 0 Å². The molecule has 24 heavy (non-hydrogen) atoms. The first-order chi connectivity index (χ1) is 11.7. The molecule has 2 aliphatic rings. The number of benzene rings is 2. The van der Waals surface area contributed by atoms with Gasteiger partial charge < -0.3 is 10.2 Å². The number of hydrogen-bond acceptors (Lipinski definition) is 3. The Bertz CT molecular complexity index is 804. The van der Waals surface area contributed by atoms with Crippen LogP contribution in [0.2, 0.25) is 0 Å². The van der Waals surface area contributed by atoms with Gasteiger partial charge in [-0.2, -0.15) is 5.26 Å². The molecule has 0 saturated heterocycles. The third-order valence-corrected chi connectivity index (χ3v) is 5.87. The summed E-state index contributed by atoms with van der Waals surface area (Å²) in [4.78, 5) is 0. The number of hydrogen-bond donors (Lipinski definition) is 2. The van der Waals surface area contributed by atoms with Crippen LogP contribution in [0, 0.1) is 17.2 Å². The summed E-state index contributed by atoms with van der Waals surface area (Å²) in [5.74, 6) is 1.83. The average Bonchev–Trinajstić information content (AvgIpc) is 2.61. The Labute approximate surface area is 142 Å². The number of nitriles is 1. The molecule has 2 aliphatic carbocycles. The minimum Gasteiger partial charge on any atom is -0.508 e. The van der Waals surface area contributed by atoms with E-state index in [-0.39, 0.29) is 11.5 Å². The summed E-state index contributed by atoms with van der Waals surface area (Å²) in [6, 6.07) is 13.3. The standard InChI is InChI=1S/C21H21NO2/c22-12-14-9-16(24)10-21-18-4-2-1-3-17(18)19(11-20(14)21)13-5-7-15(23)8-6-13/h5-10,17-19,23-24H,1-4,11H2.